The van der Waals surface area contributed by atoms with Gasteiger partial charge in [-0.2, -0.15) is 0 Å². The first-order chi connectivity index (χ1) is 10.1. The lowest BCUT2D eigenvalue weighted by atomic mass is 10.2. The van der Waals surface area contributed by atoms with Crippen molar-refractivity contribution >= 4 is 17.7 Å². The van der Waals surface area contributed by atoms with E-state index >= 15 is 0 Å². The van der Waals surface area contributed by atoms with Crippen molar-refractivity contribution in [3.8, 4) is 17.1 Å². The van der Waals surface area contributed by atoms with E-state index in [1.165, 1.54) is 11.8 Å². The van der Waals surface area contributed by atoms with Crippen LogP contribution in [0.4, 0.5) is 0 Å². The van der Waals surface area contributed by atoms with Gasteiger partial charge in [-0.15, -0.1) is 5.10 Å². The number of hydrogen-bond donors (Lipinski definition) is 1. The summed E-state index contributed by atoms with van der Waals surface area (Å²) in [5.74, 6) is 1.35. The highest BCUT2D eigenvalue weighted by Gasteiger charge is 2.10. The molecule has 0 saturated carbocycles. The number of nitrogens with zero attached hydrogens (tertiary/aromatic N) is 2. The van der Waals surface area contributed by atoms with Crippen molar-refractivity contribution in [1.29, 1.82) is 0 Å². The lowest BCUT2D eigenvalue weighted by Crippen LogP contribution is -2.13. The van der Waals surface area contributed by atoms with E-state index in [1.54, 1.807) is 7.11 Å². The van der Waals surface area contributed by atoms with Crippen LogP contribution in [0.5, 0.6) is 5.75 Å². The topological polar surface area (TPSA) is 77.1 Å². The van der Waals surface area contributed by atoms with Gasteiger partial charge in [0.05, 0.1) is 19.0 Å². The summed E-state index contributed by atoms with van der Waals surface area (Å²) in [6.45, 7) is 3.63. The van der Waals surface area contributed by atoms with Crippen molar-refractivity contribution in [3.05, 3.63) is 24.3 Å². The summed E-state index contributed by atoms with van der Waals surface area (Å²) >= 11 is 1.24. The SMILES string of the molecule is COc1ccc(-c2nc(SCC(=O)OC(C)C)n[nH]2)cc1. The van der Waals surface area contributed by atoms with Crippen molar-refractivity contribution in [1.82, 2.24) is 15.2 Å². The summed E-state index contributed by atoms with van der Waals surface area (Å²) in [6.07, 6.45) is -0.111. The lowest BCUT2D eigenvalue weighted by molar-refractivity contribution is -0.144. The molecule has 0 amide bonds. The Morgan fingerprint density at radius 3 is 2.67 bits per heavy atom. The zero-order chi connectivity index (χ0) is 15.2. The Bertz CT molecular complexity index is 596. The van der Waals surface area contributed by atoms with Crippen LogP contribution < -0.4 is 4.74 Å². The maximum atomic E-state index is 11.5. The summed E-state index contributed by atoms with van der Waals surface area (Å²) in [4.78, 5) is 15.8. The Labute approximate surface area is 127 Å². The van der Waals surface area contributed by atoms with Gasteiger partial charge >= 0.3 is 5.97 Å². The van der Waals surface area contributed by atoms with E-state index in [2.05, 4.69) is 15.2 Å². The molecule has 0 bridgehead atoms. The van der Waals surface area contributed by atoms with Crippen LogP contribution in [0, 0.1) is 0 Å². The van der Waals surface area contributed by atoms with E-state index in [0.29, 0.717) is 11.0 Å². The Morgan fingerprint density at radius 2 is 2.05 bits per heavy atom. The number of thioether (sulfide) groups is 1. The fourth-order valence-electron chi connectivity index (χ4n) is 1.61. The highest BCUT2D eigenvalue weighted by Crippen LogP contribution is 2.21. The second-order valence-electron chi connectivity index (χ2n) is 4.52. The Balaban J connectivity index is 1.96. The third kappa shape index (κ3) is 4.49. The van der Waals surface area contributed by atoms with Gasteiger partial charge in [0.1, 0.15) is 5.75 Å². The molecule has 21 heavy (non-hydrogen) atoms. The van der Waals surface area contributed by atoms with Crippen LogP contribution in [0.15, 0.2) is 29.4 Å². The minimum absolute atomic E-state index is 0.111. The van der Waals surface area contributed by atoms with Gasteiger partial charge in [-0.05, 0) is 38.1 Å². The Hall–Kier alpha value is -2.02. The number of H-pyrrole nitrogens is 1. The molecule has 0 spiro atoms. The van der Waals surface area contributed by atoms with E-state index in [4.69, 9.17) is 9.47 Å². The minimum atomic E-state index is -0.272. The van der Waals surface area contributed by atoms with E-state index in [0.717, 1.165) is 11.3 Å². The fraction of sp³-hybridized carbons (Fsp3) is 0.357. The predicted octanol–water partition coefficient (Wildman–Crippen LogP) is 2.52. The van der Waals surface area contributed by atoms with Crippen LogP contribution >= 0.6 is 11.8 Å². The molecule has 112 valence electrons. The van der Waals surface area contributed by atoms with Crippen molar-refractivity contribution in [2.45, 2.75) is 25.1 Å². The first-order valence-electron chi connectivity index (χ1n) is 6.47. The molecule has 0 fully saturated rings. The molecule has 0 atom stereocenters. The van der Waals surface area contributed by atoms with Crippen LogP contribution in [0.3, 0.4) is 0 Å². The maximum Gasteiger partial charge on any atom is 0.316 e. The van der Waals surface area contributed by atoms with Crippen LogP contribution in [-0.2, 0) is 9.53 Å². The number of esters is 1. The number of rotatable bonds is 6. The second-order valence-corrected chi connectivity index (χ2v) is 5.46. The number of methoxy groups -OCH3 is 1. The first-order valence-corrected chi connectivity index (χ1v) is 7.46. The number of hydrogen-bond acceptors (Lipinski definition) is 6. The van der Waals surface area contributed by atoms with Gasteiger partial charge < -0.3 is 9.47 Å². The summed E-state index contributed by atoms with van der Waals surface area (Å²) in [7, 11) is 1.62. The molecule has 2 rings (SSSR count). The largest absolute Gasteiger partial charge is 0.497 e. The van der Waals surface area contributed by atoms with Crippen LogP contribution in [0.1, 0.15) is 13.8 Å². The maximum absolute atomic E-state index is 11.5. The average Bonchev–Trinajstić information content (AvgIpc) is 2.93. The fourth-order valence-corrected chi connectivity index (χ4v) is 2.19. The summed E-state index contributed by atoms with van der Waals surface area (Å²) in [6, 6.07) is 7.48. The Kier molecular flexibility index (Phi) is 5.21. The number of aromatic nitrogens is 3. The van der Waals surface area contributed by atoms with Crippen molar-refractivity contribution in [3.63, 3.8) is 0 Å². The zero-order valence-electron chi connectivity index (χ0n) is 12.1. The average molecular weight is 307 g/mol. The quantitative estimate of drug-likeness (QED) is 0.653. The number of carbonyl (C=O) groups is 1. The van der Waals surface area contributed by atoms with Gasteiger partial charge in [0, 0.05) is 5.56 Å². The highest BCUT2D eigenvalue weighted by molar-refractivity contribution is 7.99. The molecule has 1 aromatic heterocycles. The molecule has 0 unspecified atom stereocenters. The number of nitrogens with one attached hydrogen (secondary N) is 1. The van der Waals surface area contributed by atoms with E-state index < -0.39 is 0 Å². The van der Waals surface area contributed by atoms with Gasteiger partial charge in [-0.1, -0.05) is 11.8 Å². The molecule has 1 N–H and O–H groups in total. The third-order valence-electron chi connectivity index (χ3n) is 2.51. The molecular formula is C14H17N3O3S. The van der Waals surface area contributed by atoms with Crippen LogP contribution in [0.25, 0.3) is 11.4 Å². The molecule has 7 heteroatoms. The number of carbonyl (C=O) groups excluding carboxylic acids is 1. The molecule has 0 aliphatic heterocycles. The molecule has 0 saturated heterocycles. The standard InChI is InChI=1S/C14H17N3O3S/c1-9(2)20-12(18)8-21-14-15-13(16-17-14)10-4-6-11(19-3)7-5-10/h4-7,9H,8H2,1-3H3,(H,15,16,17). The van der Waals surface area contributed by atoms with Crippen LogP contribution in [0.2, 0.25) is 0 Å². The smallest absolute Gasteiger partial charge is 0.316 e. The van der Waals surface area contributed by atoms with E-state index in [-0.39, 0.29) is 17.8 Å². The first kappa shape index (κ1) is 15.4. The monoisotopic (exact) mass is 307 g/mol. The number of ether oxygens (including phenoxy) is 2. The summed E-state index contributed by atoms with van der Waals surface area (Å²) in [5.41, 5.74) is 0.903. The zero-order valence-corrected chi connectivity index (χ0v) is 12.9. The van der Waals surface area contributed by atoms with Gasteiger partial charge in [0.15, 0.2) is 5.82 Å². The summed E-state index contributed by atoms with van der Waals surface area (Å²) in [5, 5.41) is 7.44. The van der Waals surface area contributed by atoms with Crippen molar-refractivity contribution < 1.29 is 14.3 Å². The minimum Gasteiger partial charge on any atom is -0.497 e. The third-order valence-corrected chi connectivity index (χ3v) is 3.34. The molecule has 2 aromatic rings. The van der Waals surface area contributed by atoms with Gasteiger partial charge in [-0.25, -0.2) is 4.98 Å². The normalized spacial score (nSPS) is 10.7. The lowest BCUT2D eigenvalue weighted by Gasteiger charge is -2.05. The molecule has 0 radical (unpaired) electrons. The summed E-state index contributed by atoms with van der Waals surface area (Å²) < 4.78 is 10.2. The molecule has 6 nitrogen and oxygen atoms in total. The molecule has 0 aliphatic rings. The predicted molar refractivity (Wildman–Crippen MR) is 80.3 cm³/mol. The van der Waals surface area contributed by atoms with Gasteiger partial charge in [-0.3, -0.25) is 9.89 Å². The van der Waals surface area contributed by atoms with E-state index in [9.17, 15) is 4.79 Å². The van der Waals surface area contributed by atoms with Gasteiger partial charge in [0.2, 0.25) is 5.16 Å². The number of benzene rings is 1. The number of aromatic amines is 1. The second kappa shape index (κ2) is 7.12. The highest BCUT2D eigenvalue weighted by atomic mass is 32.2. The van der Waals surface area contributed by atoms with E-state index in [1.807, 2.05) is 38.1 Å². The Morgan fingerprint density at radius 1 is 1.33 bits per heavy atom. The molecular weight excluding hydrogens is 290 g/mol. The molecule has 0 aliphatic carbocycles. The molecule has 1 heterocycles. The van der Waals surface area contributed by atoms with Gasteiger partial charge in [0.25, 0.3) is 0 Å². The van der Waals surface area contributed by atoms with Crippen molar-refractivity contribution in [2.24, 2.45) is 0 Å². The van der Waals surface area contributed by atoms with Crippen molar-refractivity contribution in [2.75, 3.05) is 12.9 Å². The molecule has 1 aromatic carbocycles. The van der Waals surface area contributed by atoms with Crippen LogP contribution in [-0.4, -0.2) is 40.1 Å².